The van der Waals surface area contributed by atoms with E-state index >= 15 is 0 Å². The van der Waals surface area contributed by atoms with Gasteiger partial charge in [-0.25, -0.2) is 8.78 Å². The summed E-state index contributed by atoms with van der Waals surface area (Å²) in [4.78, 5) is 0. The second-order valence-electron chi connectivity index (χ2n) is 3.66. The minimum Gasteiger partial charge on any atom is -0.317 e. The summed E-state index contributed by atoms with van der Waals surface area (Å²) in [6, 6.07) is 3.67. The largest absolute Gasteiger partial charge is 0.416 e. The van der Waals surface area contributed by atoms with Crippen molar-refractivity contribution in [1.82, 2.24) is 0 Å². The van der Waals surface area contributed by atoms with Crippen LogP contribution in [0, 0.1) is 0 Å². The average Bonchev–Trinajstić information content (AvgIpc) is 2.16. The molecule has 0 saturated heterocycles. The van der Waals surface area contributed by atoms with Gasteiger partial charge in [0.15, 0.2) is 0 Å². The second kappa shape index (κ2) is 4.01. The van der Waals surface area contributed by atoms with Gasteiger partial charge in [-0.05, 0) is 24.6 Å². The first-order chi connectivity index (χ1) is 7.15. The summed E-state index contributed by atoms with van der Waals surface area (Å²) < 4.78 is 62.0. The molecule has 90 valence electrons. The smallest absolute Gasteiger partial charge is 0.317 e. The standard InChI is InChI=1S/C10H10F5N/c1-9(16,8(11)12)6-3-2-4-7(5-6)10(13,14)15/h2-5,8H,16H2,1H3. The summed E-state index contributed by atoms with van der Waals surface area (Å²) in [7, 11) is 0. The van der Waals surface area contributed by atoms with Crippen LogP contribution >= 0.6 is 0 Å². The first-order valence-corrected chi connectivity index (χ1v) is 4.40. The van der Waals surface area contributed by atoms with Crippen LogP contribution in [0.2, 0.25) is 0 Å². The molecule has 1 atom stereocenters. The van der Waals surface area contributed by atoms with E-state index in [9.17, 15) is 22.0 Å². The summed E-state index contributed by atoms with van der Waals surface area (Å²) in [5, 5.41) is 0. The Hall–Kier alpha value is -1.17. The van der Waals surface area contributed by atoms with E-state index in [-0.39, 0.29) is 5.56 Å². The summed E-state index contributed by atoms with van der Waals surface area (Å²) in [5.74, 6) is 0. The van der Waals surface area contributed by atoms with Crippen LogP contribution in [0.25, 0.3) is 0 Å². The van der Waals surface area contributed by atoms with Crippen LogP contribution < -0.4 is 5.73 Å². The lowest BCUT2D eigenvalue weighted by molar-refractivity contribution is -0.137. The van der Waals surface area contributed by atoms with Crippen LogP contribution in [-0.2, 0) is 11.7 Å². The van der Waals surface area contributed by atoms with Crippen LogP contribution in [0.1, 0.15) is 18.1 Å². The van der Waals surface area contributed by atoms with Crippen molar-refractivity contribution in [3.05, 3.63) is 35.4 Å². The highest BCUT2D eigenvalue weighted by molar-refractivity contribution is 5.31. The van der Waals surface area contributed by atoms with Gasteiger partial charge in [-0.1, -0.05) is 12.1 Å². The molecule has 1 aromatic carbocycles. The highest BCUT2D eigenvalue weighted by Gasteiger charge is 2.36. The van der Waals surface area contributed by atoms with Crippen molar-refractivity contribution in [2.45, 2.75) is 25.1 Å². The molecule has 1 rings (SSSR count). The van der Waals surface area contributed by atoms with Crippen LogP contribution in [0.5, 0.6) is 0 Å². The predicted octanol–water partition coefficient (Wildman–Crippen LogP) is 3.14. The third-order valence-corrected chi connectivity index (χ3v) is 2.27. The molecule has 0 radical (unpaired) electrons. The van der Waals surface area contributed by atoms with Crippen LogP contribution in [0.15, 0.2) is 24.3 Å². The highest BCUT2D eigenvalue weighted by atomic mass is 19.4. The highest BCUT2D eigenvalue weighted by Crippen LogP contribution is 2.33. The second-order valence-corrected chi connectivity index (χ2v) is 3.66. The SMILES string of the molecule is CC(N)(c1cccc(C(F)(F)F)c1)C(F)F. The molecule has 0 fully saturated rings. The fraction of sp³-hybridized carbons (Fsp3) is 0.400. The molecule has 0 saturated carbocycles. The maximum absolute atomic E-state index is 12.5. The lowest BCUT2D eigenvalue weighted by Gasteiger charge is -2.24. The van der Waals surface area contributed by atoms with Crippen molar-refractivity contribution >= 4 is 0 Å². The number of alkyl halides is 5. The molecular formula is C10H10F5N. The van der Waals surface area contributed by atoms with Crippen LogP contribution in [0.3, 0.4) is 0 Å². The third kappa shape index (κ3) is 2.49. The molecular weight excluding hydrogens is 229 g/mol. The number of hydrogen-bond donors (Lipinski definition) is 1. The quantitative estimate of drug-likeness (QED) is 0.788. The maximum Gasteiger partial charge on any atom is 0.416 e. The molecule has 0 bridgehead atoms. The minimum atomic E-state index is -4.56. The lowest BCUT2D eigenvalue weighted by Crippen LogP contribution is -2.40. The van der Waals surface area contributed by atoms with Crippen molar-refractivity contribution in [1.29, 1.82) is 0 Å². The van der Waals surface area contributed by atoms with Gasteiger partial charge >= 0.3 is 6.18 Å². The molecule has 0 aliphatic heterocycles. The monoisotopic (exact) mass is 239 g/mol. The summed E-state index contributed by atoms with van der Waals surface area (Å²) in [6.07, 6.45) is -7.50. The average molecular weight is 239 g/mol. The normalized spacial score (nSPS) is 16.2. The van der Waals surface area contributed by atoms with Crippen molar-refractivity contribution in [2.24, 2.45) is 5.73 Å². The molecule has 1 aromatic rings. The van der Waals surface area contributed by atoms with Gasteiger partial charge in [-0.3, -0.25) is 0 Å². The van der Waals surface area contributed by atoms with Crippen molar-refractivity contribution in [3.63, 3.8) is 0 Å². The van der Waals surface area contributed by atoms with Crippen LogP contribution in [-0.4, -0.2) is 6.43 Å². The van der Waals surface area contributed by atoms with E-state index < -0.39 is 23.7 Å². The molecule has 0 heterocycles. The zero-order chi connectivity index (χ0) is 12.6. The van der Waals surface area contributed by atoms with E-state index in [1.807, 2.05) is 0 Å². The van der Waals surface area contributed by atoms with E-state index in [0.717, 1.165) is 25.1 Å². The van der Waals surface area contributed by atoms with E-state index in [1.54, 1.807) is 0 Å². The molecule has 0 aliphatic carbocycles. The molecule has 1 unspecified atom stereocenters. The Morgan fingerprint density at radius 2 is 1.62 bits per heavy atom. The Labute approximate surface area is 89.1 Å². The van der Waals surface area contributed by atoms with Gasteiger partial charge in [-0.2, -0.15) is 13.2 Å². The molecule has 6 heteroatoms. The molecule has 0 amide bonds. The molecule has 0 spiro atoms. The van der Waals surface area contributed by atoms with E-state index in [2.05, 4.69) is 0 Å². The van der Waals surface area contributed by atoms with E-state index in [0.29, 0.717) is 6.07 Å². The van der Waals surface area contributed by atoms with Crippen LogP contribution in [0.4, 0.5) is 22.0 Å². The zero-order valence-corrected chi connectivity index (χ0v) is 8.35. The molecule has 2 N–H and O–H groups in total. The van der Waals surface area contributed by atoms with Crippen molar-refractivity contribution in [2.75, 3.05) is 0 Å². The van der Waals surface area contributed by atoms with Gasteiger partial charge in [0.05, 0.1) is 11.1 Å². The molecule has 0 aliphatic rings. The summed E-state index contributed by atoms with van der Waals surface area (Å²) in [5.41, 5.74) is 1.97. The topological polar surface area (TPSA) is 26.0 Å². The summed E-state index contributed by atoms with van der Waals surface area (Å²) >= 11 is 0. The van der Waals surface area contributed by atoms with Gasteiger partial charge < -0.3 is 5.73 Å². The number of rotatable bonds is 2. The Morgan fingerprint density at radius 3 is 2.06 bits per heavy atom. The predicted molar refractivity (Wildman–Crippen MR) is 49.0 cm³/mol. The summed E-state index contributed by atoms with van der Waals surface area (Å²) in [6.45, 7) is 0.993. The molecule has 16 heavy (non-hydrogen) atoms. The van der Waals surface area contributed by atoms with Gasteiger partial charge in [0.25, 0.3) is 6.43 Å². The number of benzene rings is 1. The Kier molecular flexibility index (Phi) is 3.23. The van der Waals surface area contributed by atoms with Crippen molar-refractivity contribution in [3.8, 4) is 0 Å². The Bertz CT molecular complexity index is 370. The number of hydrogen-bond acceptors (Lipinski definition) is 1. The van der Waals surface area contributed by atoms with Gasteiger partial charge in [0.1, 0.15) is 0 Å². The fourth-order valence-electron chi connectivity index (χ4n) is 1.16. The van der Waals surface area contributed by atoms with Gasteiger partial charge in [0, 0.05) is 0 Å². The van der Waals surface area contributed by atoms with E-state index in [1.165, 1.54) is 0 Å². The van der Waals surface area contributed by atoms with Gasteiger partial charge in [-0.15, -0.1) is 0 Å². The fourth-order valence-corrected chi connectivity index (χ4v) is 1.16. The number of halogens is 5. The molecule has 0 aromatic heterocycles. The molecule has 1 nitrogen and oxygen atoms in total. The van der Waals surface area contributed by atoms with Gasteiger partial charge in [0.2, 0.25) is 0 Å². The minimum absolute atomic E-state index is 0.239. The zero-order valence-electron chi connectivity index (χ0n) is 8.35. The first-order valence-electron chi connectivity index (χ1n) is 4.40. The Morgan fingerprint density at radius 1 is 1.12 bits per heavy atom. The van der Waals surface area contributed by atoms with Crippen molar-refractivity contribution < 1.29 is 22.0 Å². The maximum atomic E-state index is 12.5. The Balaban J connectivity index is 3.18. The lowest BCUT2D eigenvalue weighted by atomic mass is 9.92. The third-order valence-electron chi connectivity index (χ3n) is 2.27. The van der Waals surface area contributed by atoms with E-state index in [4.69, 9.17) is 5.73 Å². The number of nitrogens with two attached hydrogens (primary N) is 1. The first kappa shape index (κ1) is 12.9.